The van der Waals surface area contributed by atoms with Crippen molar-refractivity contribution in [3.8, 4) is 0 Å². The van der Waals surface area contributed by atoms with Crippen LogP contribution in [0.1, 0.15) is 45.7 Å². The van der Waals surface area contributed by atoms with E-state index in [4.69, 9.17) is 9.15 Å². The average molecular weight is 312 g/mol. The Labute approximate surface area is 130 Å². The first kappa shape index (κ1) is 16.4. The molecule has 1 aliphatic carbocycles. The molecular weight excluding hydrogens is 288 g/mol. The summed E-state index contributed by atoms with van der Waals surface area (Å²) in [6.45, 7) is 8.15. The zero-order chi connectivity index (χ0) is 15.5. The van der Waals surface area contributed by atoms with E-state index in [1.807, 2.05) is 20.8 Å². The van der Waals surface area contributed by atoms with E-state index >= 15 is 0 Å². The Morgan fingerprint density at radius 3 is 2.90 bits per heavy atom. The largest absolute Gasteiger partial charge is 0.465 e. The molecule has 0 aromatic carbocycles. The third-order valence-electron chi connectivity index (χ3n) is 3.42. The number of nitrogens with zero attached hydrogens (tertiary/aromatic N) is 1. The fourth-order valence-corrected chi connectivity index (χ4v) is 3.41. The molecule has 0 bridgehead atoms. The summed E-state index contributed by atoms with van der Waals surface area (Å²) in [5.41, 5.74) is 0.222. The zero-order valence-corrected chi connectivity index (χ0v) is 14.0. The summed E-state index contributed by atoms with van der Waals surface area (Å²) in [7, 11) is 0. The summed E-state index contributed by atoms with van der Waals surface area (Å²) < 4.78 is 10.6. The van der Waals surface area contributed by atoms with Crippen molar-refractivity contribution in [1.29, 1.82) is 0 Å². The van der Waals surface area contributed by atoms with Crippen LogP contribution in [-0.2, 0) is 9.53 Å². The number of hydrogen-bond donors (Lipinski definition) is 1. The molecule has 2 unspecified atom stereocenters. The van der Waals surface area contributed by atoms with Gasteiger partial charge in [-0.15, -0.1) is 0 Å². The molecule has 0 amide bonds. The number of hydrogen-bond acceptors (Lipinski definition) is 6. The molecule has 1 N–H and O–H groups in total. The van der Waals surface area contributed by atoms with Gasteiger partial charge in [0.2, 0.25) is 0 Å². The molecule has 0 saturated heterocycles. The molecule has 5 nitrogen and oxygen atoms in total. The van der Waals surface area contributed by atoms with E-state index in [2.05, 4.69) is 17.2 Å². The Bertz CT molecular complexity index is 487. The number of ether oxygens (including phenoxy) is 1. The van der Waals surface area contributed by atoms with Gasteiger partial charge in [-0.2, -0.15) is 0 Å². The highest BCUT2D eigenvalue weighted by atomic mass is 32.2. The second kappa shape index (κ2) is 6.83. The number of rotatable bonds is 8. The Hall–Kier alpha value is -1.01. The predicted molar refractivity (Wildman–Crippen MR) is 82.4 cm³/mol. The van der Waals surface area contributed by atoms with E-state index in [1.54, 1.807) is 18.0 Å². The molecule has 118 valence electrons. The van der Waals surface area contributed by atoms with Crippen molar-refractivity contribution in [3.63, 3.8) is 0 Å². The van der Waals surface area contributed by atoms with Gasteiger partial charge in [-0.25, -0.2) is 4.98 Å². The summed E-state index contributed by atoms with van der Waals surface area (Å²) in [5.74, 6) is -0.173. The number of aryl methyl sites for hydroxylation is 1. The lowest BCUT2D eigenvalue weighted by Crippen LogP contribution is -2.52. The molecule has 1 fully saturated rings. The second-order valence-corrected chi connectivity index (χ2v) is 7.25. The van der Waals surface area contributed by atoms with Crippen LogP contribution in [0.3, 0.4) is 0 Å². The van der Waals surface area contributed by atoms with Gasteiger partial charge in [0.15, 0.2) is 0 Å². The van der Waals surface area contributed by atoms with E-state index < -0.39 is 5.54 Å². The topological polar surface area (TPSA) is 64.4 Å². The van der Waals surface area contributed by atoms with Crippen LogP contribution in [0.15, 0.2) is 15.9 Å². The number of aromatic nitrogens is 1. The molecule has 1 saturated carbocycles. The van der Waals surface area contributed by atoms with E-state index in [9.17, 15) is 4.79 Å². The van der Waals surface area contributed by atoms with Crippen molar-refractivity contribution >= 4 is 17.7 Å². The number of thioether (sulfide) groups is 1. The minimum absolute atomic E-state index is 0.173. The normalized spacial score (nSPS) is 19.0. The number of oxazole rings is 1. The van der Waals surface area contributed by atoms with Gasteiger partial charge in [-0.1, -0.05) is 18.7 Å². The first-order valence-corrected chi connectivity index (χ1v) is 8.34. The van der Waals surface area contributed by atoms with Gasteiger partial charge < -0.3 is 9.15 Å². The van der Waals surface area contributed by atoms with Crippen LogP contribution in [-0.4, -0.2) is 34.4 Å². The minimum atomic E-state index is -0.648. The van der Waals surface area contributed by atoms with Crippen LogP contribution < -0.4 is 5.32 Å². The molecule has 21 heavy (non-hydrogen) atoms. The SMILES string of the molecule is CCOC(=O)C(C)(CC(C)Sc1nc(C)co1)NC1CC1. The second-order valence-electron chi connectivity index (χ2n) is 5.86. The maximum absolute atomic E-state index is 12.3. The summed E-state index contributed by atoms with van der Waals surface area (Å²) in [6, 6.07) is 0.445. The van der Waals surface area contributed by atoms with Crippen LogP contribution in [0.25, 0.3) is 0 Å². The number of carbonyl (C=O) groups is 1. The van der Waals surface area contributed by atoms with E-state index in [1.165, 1.54) is 0 Å². The summed E-state index contributed by atoms with van der Waals surface area (Å²) in [6.07, 6.45) is 4.58. The molecule has 0 radical (unpaired) electrons. The van der Waals surface area contributed by atoms with Crippen molar-refractivity contribution in [2.45, 2.75) is 69.0 Å². The van der Waals surface area contributed by atoms with E-state index in [0.29, 0.717) is 24.3 Å². The quantitative estimate of drug-likeness (QED) is 0.588. The lowest BCUT2D eigenvalue weighted by Gasteiger charge is -2.30. The number of carbonyl (C=O) groups excluding carboxylic acids is 1. The molecule has 2 rings (SSSR count). The average Bonchev–Trinajstić information content (AvgIpc) is 3.11. The fraction of sp³-hybridized carbons (Fsp3) is 0.733. The van der Waals surface area contributed by atoms with Gasteiger partial charge in [-0.05, 0) is 40.0 Å². The third kappa shape index (κ3) is 4.74. The molecule has 1 heterocycles. The molecule has 1 aromatic rings. The molecule has 1 aromatic heterocycles. The Morgan fingerprint density at radius 1 is 1.67 bits per heavy atom. The van der Waals surface area contributed by atoms with Crippen molar-refractivity contribution in [3.05, 3.63) is 12.0 Å². The summed E-state index contributed by atoms with van der Waals surface area (Å²) in [5, 5.41) is 4.28. The number of esters is 1. The first-order chi connectivity index (χ1) is 9.93. The van der Waals surface area contributed by atoms with Crippen LogP contribution in [0.2, 0.25) is 0 Å². The van der Waals surface area contributed by atoms with Gasteiger partial charge in [0.1, 0.15) is 11.8 Å². The smallest absolute Gasteiger partial charge is 0.326 e. The third-order valence-corrected chi connectivity index (χ3v) is 4.38. The lowest BCUT2D eigenvalue weighted by molar-refractivity contribution is -0.150. The van der Waals surface area contributed by atoms with Crippen molar-refractivity contribution < 1.29 is 13.9 Å². The van der Waals surface area contributed by atoms with Crippen LogP contribution in [0, 0.1) is 6.92 Å². The maximum Gasteiger partial charge on any atom is 0.326 e. The molecule has 1 aliphatic rings. The van der Waals surface area contributed by atoms with Crippen molar-refractivity contribution in [2.24, 2.45) is 0 Å². The Balaban J connectivity index is 1.97. The van der Waals surface area contributed by atoms with Gasteiger partial charge in [0.05, 0.1) is 12.3 Å². The molecule has 0 aliphatic heterocycles. The summed E-state index contributed by atoms with van der Waals surface area (Å²) >= 11 is 1.55. The highest BCUT2D eigenvalue weighted by Crippen LogP contribution is 2.31. The summed E-state index contributed by atoms with van der Waals surface area (Å²) in [4.78, 5) is 16.6. The predicted octanol–water partition coefficient (Wildman–Crippen LogP) is 2.93. The number of nitrogens with one attached hydrogen (secondary N) is 1. The maximum atomic E-state index is 12.3. The highest BCUT2D eigenvalue weighted by Gasteiger charge is 2.40. The van der Waals surface area contributed by atoms with Gasteiger partial charge >= 0.3 is 5.97 Å². The minimum Gasteiger partial charge on any atom is -0.465 e. The van der Waals surface area contributed by atoms with Crippen LogP contribution in [0.4, 0.5) is 0 Å². The van der Waals surface area contributed by atoms with Gasteiger partial charge in [-0.3, -0.25) is 10.1 Å². The Morgan fingerprint density at radius 2 is 2.38 bits per heavy atom. The monoisotopic (exact) mass is 312 g/mol. The van der Waals surface area contributed by atoms with Crippen LogP contribution in [0.5, 0.6) is 0 Å². The molecule has 0 spiro atoms. The van der Waals surface area contributed by atoms with E-state index in [0.717, 1.165) is 18.5 Å². The zero-order valence-electron chi connectivity index (χ0n) is 13.1. The molecule has 2 atom stereocenters. The van der Waals surface area contributed by atoms with Crippen LogP contribution >= 0.6 is 11.8 Å². The lowest BCUT2D eigenvalue weighted by atomic mass is 9.95. The first-order valence-electron chi connectivity index (χ1n) is 7.46. The standard InChI is InChI=1S/C15H24N2O3S/c1-5-19-13(18)15(4,17-12-6-7-12)8-11(3)21-14-16-10(2)9-20-14/h9,11-12,17H,5-8H2,1-4H3. The highest BCUT2D eigenvalue weighted by molar-refractivity contribution is 7.99. The fourth-order valence-electron chi connectivity index (χ4n) is 2.34. The van der Waals surface area contributed by atoms with E-state index in [-0.39, 0.29) is 11.2 Å². The van der Waals surface area contributed by atoms with Crippen molar-refractivity contribution in [1.82, 2.24) is 10.3 Å². The van der Waals surface area contributed by atoms with Gasteiger partial charge in [0.25, 0.3) is 5.22 Å². The van der Waals surface area contributed by atoms with Crippen molar-refractivity contribution in [2.75, 3.05) is 6.61 Å². The Kier molecular flexibility index (Phi) is 5.32. The van der Waals surface area contributed by atoms with Gasteiger partial charge in [0, 0.05) is 11.3 Å². The molecular formula is C15H24N2O3S. The molecule has 6 heteroatoms.